The van der Waals surface area contributed by atoms with Crippen molar-refractivity contribution >= 4 is 17.3 Å². The monoisotopic (exact) mass is 253 g/mol. The number of rotatable bonds is 1. The van der Waals surface area contributed by atoms with E-state index in [-0.39, 0.29) is 16.1 Å². The number of aryl methyl sites for hydroxylation is 1. The molecule has 4 heteroatoms. The second kappa shape index (κ2) is 4.34. The maximum absolute atomic E-state index is 13.7. The van der Waals surface area contributed by atoms with E-state index < -0.39 is 11.6 Å². The van der Waals surface area contributed by atoms with Gasteiger partial charge in [0.1, 0.15) is 11.6 Å². The smallest absolute Gasteiger partial charge is 0.133 e. The number of halogens is 3. The normalized spacial score (nSPS) is 10.6. The minimum absolute atomic E-state index is 0.176. The molecule has 0 amide bonds. The maximum atomic E-state index is 13.7. The highest BCUT2D eigenvalue weighted by atomic mass is 35.5. The fraction of sp³-hybridized carbons (Fsp3) is 0.0769. The van der Waals surface area contributed by atoms with E-state index in [2.05, 4.69) is 0 Å². The Morgan fingerprint density at radius 2 is 1.65 bits per heavy atom. The highest BCUT2D eigenvalue weighted by Gasteiger charge is 2.12. The molecule has 0 heterocycles. The van der Waals surface area contributed by atoms with E-state index in [1.54, 1.807) is 6.92 Å². The van der Waals surface area contributed by atoms with E-state index in [4.69, 9.17) is 17.3 Å². The molecule has 17 heavy (non-hydrogen) atoms. The molecule has 0 bridgehead atoms. The van der Waals surface area contributed by atoms with Crippen molar-refractivity contribution in [2.45, 2.75) is 6.92 Å². The van der Waals surface area contributed by atoms with Crippen molar-refractivity contribution in [3.05, 3.63) is 52.6 Å². The third kappa shape index (κ3) is 2.24. The summed E-state index contributed by atoms with van der Waals surface area (Å²) in [6, 6.07) is 6.84. The summed E-state index contributed by atoms with van der Waals surface area (Å²) in [4.78, 5) is 0. The van der Waals surface area contributed by atoms with Gasteiger partial charge in [-0.15, -0.1) is 0 Å². The lowest BCUT2D eigenvalue weighted by Crippen LogP contribution is -1.95. The molecule has 0 aliphatic heterocycles. The Balaban J connectivity index is 2.64. The van der Waals surface area contributed by atoms with Gasteiger partial charge in [0, 0.05) is 21.8 Å². The third-order valence-electron chi connectivity index (χ3n) is 2.58. The Kier molecular flexibility index (Phi) is 3.03. The highest BCUT2D eigenvalue weighted by molar-refractivity contribution is 6.30. The minimum Gasteiger partial charge on any atom is -0.398 e. The third-order valence-corrected chi connectivity index (χ3v) is 2.81. The molecule has 2 aromatic carbocycles. The highest BCUT2D eigenvalue weighted by Crippen LogP contribution is 2.30. The van der Waals surface area contributed by atoms with Gasteiger partial charge in [0.2, 0.25) is 0 Å². The van der Waals surface area contributed by atoms with Crippen molar-refractivity contribution in [3.63, 3.8) is 0 Å². The molecule has 0 aromatic heterocycles. The molecule has 2 rings (SSSR count). The molecule has 0 aliphatic carbocycles. The molecular weight excluding hydrogens is 244 g/mol. The van der Waals surface area contributed by atoms with Crippen LogP contribution in [0.4, 0.5) is 14.5 Å². The van der Waals surface area contributed by atoms with Gasteiger partial charge in [0.25, 0.3) is 0 Å². The predicted molar refractivity (Wildman–Crippen MR) is 66.0 cm³/mol. The molecule has 0 radical (unpaired) electrons. The van der Waals surface area contributed by atoms with Gasteiger partial charge in [-0.2, -0.15) is 0 Å². The zero-order valence-electron chi connectivity index (χ0n) is 9.10. The van der Waals surface area contributed by atoms with Crippen molar-refractivity contribution < 1.29 is 8.78 Å². The van der Waals surface area contributed by atoms with Crippen LogP contribution in [0.25, 0.3) is 11.1 Å². The summed E-state index contributed by atoms with van der Waals surface area (Å²) in [5.74, 6) is -1.10. The average Bonchev–Trinajstić information content (AvgIpc) is 2.24. The van der Waals surface area contributed by atoms with Crippen LogP contribution in [-0.2, 0) is 0 Å². The lowest BCUT2D eigenvalue weighted by Gasteiger charge is -2.08. The first-order chi connectivity index (χ1) is 7.99. The van der Waals surface area contributed by atoms with Gasteiger partial charge < -0.3 is 5.73 Å². The van der Waals surface area contributed by atoms with Crippen LogP contribution in [0.3, 0.4) is 0 Å². The molecule has 0 aliphatic rings. The van der Waals surface area contributed by atoms with Gasteiger partial charge in [-0.25, -0.2) is 8.78 Å². The second-order valence-corrected chi connectivity index (χ2v) is 4.25. The zero-order chi connectivity index (χ0) is 12.6. The molecule has 2 aromatic rings. The van der Waals surface area contributed by atoms with E-state index in [0.717, 1.165) is 6.07 Å². The Labute approximate surface area is 103 Å². The second-order valence-electron chi connectivity index (χ2n) is 3.81. The fourth-order valence-corrected chi connectivity index (χ4v) is 1.77. The summed E-state index contributed by atoms with van der Waals surface area (Å²) >= 11 is 5.65. The summed E-state index contributed by atoms with van der Waals surface area (Å²) in [6.07, 6.45) is 0. The van der Waals surface area contributed by atoms with Crippen molar-refractivity contribution in [2.75, 3.05) is 5.73 Å². The predicted octanol–water partition coefficient (Wildman–Crippen LogP) is 4.18. The van der Waals surface area contributed by atoms with Gasteiger partial charge in [-0.3, -0.25) is 0 Å². The number of hydrogen-bond donors (Lipinski definition) is 1. The van der Waals surface area contributed by atoms with Crippen LogP contribution >= 0.6 is 11.6 Å². The molecule has 88 valence electrons. The number of nitrogen functional groups attached to an aromatic ring is 1. The minimum atomic E-state index is -0.555. The standard InChI is InChI=1S/C13H10ClF2N/c1-7-4-10(12(16)6-13(7)17)9-3-2-8(14)5-11(9)15/h2-6H,17H2,1H3. The van der Waals surface area contributed by atoms with Crippen molar-refractivity contribution in [1.82, 2.24) is 0 Å². The molecule has 0 fully saturated rings. The molecule has 2 N–H and O–H groups in total. The first-order valence-electron chi connectivity index (χ1n) is 5.00. The van der Waals surface area contributed by atoms with Crippen LogP contribution in [0, 0.1) is 18.6 Å². The lowest BCUT2D eigenvalue weighted by atomic mass is 10.0. The van der Waals surface area contributed by atoms with Gasteiger partial charge in [0.15, 0.2) is 0 Å². The summed E-state index contributed by atoms with van der Waals surface area (Å²) < 4.78 is 27.4. The number of nitrogens with two attached hydrogens (primary N) is 1. The maximum Gasteiger partial charge on any atom is 0.133 e. The molecule has 1 nitrogen and oxygen atoms in total. The summed E-state index contributed by atoms with van der Waals surface area (Å²) in [6.45, 7) is 1.74. The number of benzene rings is 2. The van der Waals surface area contributed by atoms with E-state index in [9.17, 15) is 8.78 Å². The van der Waals surface area contributed by atoms with Crippen LogP contribution in [0.5, 0.6) is 0 Å². The zero-order valence-corrected chi connectivity index (χ0v) is 9.85. The fourth-order valence-electron chi connectivity index (χ4n) is 1.61. The summed E-state index contributed by atoms with van der Waals surface area (Å²) in [7, 11) is 0. The summed E-state index contributed by atoms with van der Waals surface area (Å²) in [5, 5.41) is 0.277. The van der Waals surface area contributed by atoms with E-state index >= 15 is 0 Å². The van der Waals surface area contributed by atoms with Gasteiger partial charge in [-0.05, 0) is 42.8 Å². The first-order valence-corrected chi connectivity index (χ1v) is 5.38. The Morgan fingerprint density at radius 1 is 1.00 bits per heavy atom. The molecule has 0 unspecified atom stereocenters. The van der Waals surface area contributed by atoms with Gasteiger partial charge in [-0.1, -0.05) is 11.6 Å². The number of anilines is 1. The van der Waals surface area contributed by atoms with E-state index in [0.29, 0.717) is 11.3 Å². The van der Waals surface area contributed by atoms with E-state index in [1.807, 2.05) is 0 Å². The van der Waals surface area contributed by atoms with Crippen LogP contribution in [-0.4, -0.2) is 0 Å². The summed E-state index contributed by atoms with van der Waals surface area (Å²) in [5.41, 5.74) is 6.99. The van der Waals surface area contributed by atoms with Gasteiger partial charge >= 0.3 is 0 Å². The SMILES string of the molecule is Cc1cc(-c2ccc(Cl)cc2F)c(F)cc1N. The average molecular weight is 254 g/mol. The largest absolute Gasteiger partial charge is 0.398 e. The Bertz CT molecular complexity index is 582. The Morgan fingerprint density at radius 3 is 2.29 bits per heavy atom. The molecule has 0 atom stereocenters. The van der Waals surface area contributed by atoms with Crippen LogP contribution in [0.1, 0.15) is 5.56 Å². The van der Waals surface area contributed by atoms with Gasteiger partial charge in [0.05, 0.1) is 0 Å². The molecule has 0 spiro atoms. The van der Waals surface area contributed by atoms with Crippen LogP contribution in [0.2, 0.25) is 5.02 Å². The molecular formula is C13H10ClF2N. The molecule has 0 saturated heterocycles. The Hall–Kier alpha value is -1.61. The van der Waals surface area contributed by atoms with Crippen molar-refractivity contribution in [3.8, 4) is 11.1 Å². The topological polar surface area (TPSA) is 26.0 Å². The quantitative estimate of drug-likeness (QED) is 0.758. The number of hydrogen-bond acceptors (Lipinski definition) is 1. The lowest BCUT2D eigenvalue weighted by molar-refractivity contribution is 0.616. The van der Waals surface area contributed by atoms with Crippen LogP contribution in [0.15, 0.2) is 30.3 Å². The van der Waals surface area contributed by atoms with Crippen molar-refractivity contribution in [2.24, 2.45) is 0 Å². The van der Waals surface area contributed by atoms with Crippen molar-refractivity contribution in [1.29, 1.82) is 0 Å². The first kappa shape index (κ1) is 11.9. The molecule has 0 saturated carbocycles. The van der Waals surface area contributed by atoms with E-state index in [1.165, 1.54) is 24.3 Å². The van der Waals surface area contributed by atoms with Crippen LogP contribution < -0.4 is 5.73 Å².